The molecular weight excluding hydrogens is 341 g/mol. The maximum Gasteiger partial charge on any atom is 0.255 e. The molecule has 0 atom stereocenters. The predicted molar refractivity (Wildman–Crippen MR) is 79.7 cm³/mol. The van der Waals surface area contributed by atoms with Gasteiger partial charge in [0, 0.05) is 3.57 Å². The number of aliphatic hydroxyl groups is 1. The highest BCUT2D eigenvalue weighted by molar-refractivity contribution is 14.1. The summed E-state index contributed by atoms with van der Waals surface area (Å²) in [6, 6.07) is 5.76. The van der Waals surface area contributed by atoms with Gasteiger partial charge in [-0.25, -0.2) is 0 Å². The van der Waals surface area contributed by atoms with Crippen LogP contribution < -0.4 is 0 Å². The lowest BCUT2D eigenvalue weighted by molar-refractivity contribution is -0.0860. The number of benzene rings is 1. The van der Waals surface area contributed by atoms with Gasteiger partial charge in [-0.2, -0.15) is 0 Å². The standard InChI is InChI=1S/C14H18INO2/c1-3-7-14(18)8-16(9-14)13(17)11-6-4-5-10(2)12(11)15/h4-6,18H,3,7-9H2,1-2H3. The van der Waals surface area contributed by atoms with Gasteiger partial charge in [0.25, 0.3) is 5.91 Å². The Bertz CT molecular complexity index is 467. The number of amides is 1. The van der Waals surface area contributed by atoms with E-state index < -0.39 is 5.60 Å². The van der Waals surface area contributed by atoms with Crippen LogP contribution in [0, 0.1) is 10.5 Å². The van der Waals surface area contributed by atoms with Gasteiger partial charge in [0.15, 0.2) is 0 Å². The molecule has 2 rings (SSSR count). The molecule has 0 radical (unpaired) electrons. The summed E-state index contributed by atoms with van der Waals surface area (Å²) in [6.07, 6.45) is 1.71. The van der Waals surface area contributed by atoms with Crippen molar-refractivity contribution in [3.05, 3.63) is 32.9 Å². The van der Waals surface area contributed by atoms with Crippen LogP contribution in [0.1, 0.15) is 35.7 Å². The van der Waals surface area contributed by atoms with Crippen LogP contribution in [0.25, 0.3) is 0 Å². The van der Waals surface area contributed by atoms with Crippen LogP contribution >= 0.6 is 22.6 Å². The topological polar surface area (TPSA) is 40.5 Å². The number of hydrogen-bond acceptors (Lipinski definition) is 2. The molecule has 1 aliphatic rings. The molecule has 1 heterocycles. The second-order valence-corrected chi connectivity index (χ2v) is 6.15. The summed E-state index contributed by atoms with van der Waals surface area (Å²) in [7, 11) is 0. The van der Waals surface area contributed by atoms with Gasteiger partial charge in [-0.15, -0.1) is 0 Å². The van der Waals surface area contributed by atoms with Gasteiger partial charge >= 0.3 is 0 Å². The van der Waals surface area contributed by atoms with Crippen LogP contribution in [0.15, 0.2) is 18.2 Å². The van der Waals surface area contributed by atoms with E-state index in [-0.39, 0.29) is 5.91 Å². The van der Waals surface area contributed by atoms with Crippen molar-refractivity contribution in [3.8, 4) is 0 Å². The third kappa shape index (κ3) is 2.54. The Morgan fingerprint density at radius 2 is 2.17 bits per heavy atom. The lowest BCUT2D eigenvalue weighted by Crippen LogP contribution is -2.63. The first-order valence-corrected chi connectivity index (χ1v) is 7.31. The Morgan fingerprint density at radius 1 is 1.50 bits per heavy atom. The minimum Gasteiger partial charge on any atom is -0.386 e. The zero-order valence-corrected chi connectivity index (χ0v) is 12.9. The molecule has 0 bridgehead atoms. The van der Waals surface area contributed by atoms with Gasteiger partial charge in [-0.1, -0.05) is 25.5 Å². The molecule has 1 aliphatic heterocycles. The fourth-order valence-corrected chi connectivity index (χ4v) is 3.00. The molecule has 1 N–H and O–H groups in total. The van der Waals surface area contributed by atoms with E-state index >= 15 is 0 Å². The van der Waals surface area contributed by atoms with Crippen LogP contribution in [0.5, 0.6) is 0 Å². The zero-order valence-electron chi connectivity index (χ0n) is 10.7. The fourth-order valence-electron chi connectivity index (χ4n) is 2.41. The SMILES string of the molecule is CCCC1(O)CN(C(=O)c2cccc(C)c2I)C1. The van der Waals surface area contributed by atoms with E-state index in [1.807, 2.05) is 32.0 Å². The first kappa shape index (κ1) is 13.8. The highest BCUT2D eigenvalue weighted by Gasteiger charge is 2.43. The van der Waals surface area contributed by atoms with Crippen molar-refractivity contribution >= 4 is 28.5 Å². The van der Waals surface area contributed by atoms with E-state index in [2.05, 4.69) is 22.6 Å². The molecule has 1 aromatic carbocycles. The molecule has 1 amide bonds. The number of hydrogen-bond donors (Lipinski definition) is 1. The smallest absolute Gasteiger partial charge is 0.255 e. The maximum atomic E-state index is 12.3. The van der Waals surface area contributed by atoms with Gasteiger partial charge in [-0.3, -0.25) is 4.79 Å². The molecule has 4 heteroatoms. The third-order valence-electron chi connectivity index (χ3n) is 3.40. The van der Waals surface area contributed by atoms with Crippen molar-refractivity contribution in [1.29, 1.82) is 0 Å². The molecule has 3 nitrogen and oxygen atoms in total. The normalized spacial score (nSPS) is 17.4. The van der Waals surface area contributed by atoms with E-state index in [4.69, 9.17) is 0 Å². The minimum absolute atomic E-state index is 0.0314. The summed E-state index contributed by atoms with van der Waals surface area (Å²) in [5, 5.41) is 10.1. The molecule has 18 heavy (non-hydrogen) atoms. The molecule has 0 unspecified atom stereocenters. The van der Waals surface area contributed by atoms with Crippen molar-refractivity contribution in [2.75, 3.05) is 13.1 Å². The average Bonchev–Trinajstić information content (AvgIpc) is 2.29. The van der Waals surface area contributed by atoms with Crippen molar-refractivity contribution in [2.24, 2.45) is 0 Å². The summed E-state index contributed by atoms with van der Waals surface area (Å²) < 4.78 is 1.01. The van der Waals surface area contributed by atoms with Crippen LogP contribution in [-0.4, -0.2) is 34.6 Å². The number of carbonyl (C=O) groups excluding carboxylic acids is 1. The molecule has 1 saturated heterocycles. The Hall–Kier alpha value is -0.620. The van der Waals surface area contributed by atoms with Gasteiger partial charge in [0.1, 0.15) is 0 Å². The fraction of sp³-hybridized carbons (Fsp3) is 0.500. The summed E-state index contributed by atoms with van der Waals surface area (Å²) in [4.78, 5) is 14.0. The predicted octanol–water partition coefficient (Wildman–Crippen LogP) is 2.59. The van der Waals surface area contributed by atoms with Crippen LogP contribution in [0.3, 0.4) is 0 Å². The number of likely N-dealkylation sites (tertiary alicyclic amines) is 1. The van der Waals surface area contributed by atoms with E-state index in [0.29, 0.717) is 13.1 Å². The number of rotatable bonds is 3. The van der Waals surface area contributed by atoms with Crippen molar-refractivity contribution in [2.45, 2.75) is 32.3 Å². The zero-order chi connectivity index (χ0) is 13.3. The average molecular weight is 359 g/mol. The Labute approximate surface area is 121 Å². The van der Waals surface area contributed by atoms with Gasteiger partial charge in [0.2, 0.25) is 0 Å². The number of halogens is 1. The van der Waals surface area contributed by atoms with Crippen LogP contribution in [0.2, 0.25) is 0 Å². The highest BCUT2D eigenvalue weighted by Crippen LogP contribution is 2.28. The maximum absolute atomic E-state index is 12.3. The molecule has 98 valence electrons. The van der Waals surface area contributed by atoms with E-state index in [9.17, 15) is 9.90 Å². The molecule has 0 aromatic heterocycles. The third-order valence-corrected chi connectivity index (χ3v) is 4.83. The molecule has 0 saturated carbocycles. The van der Waals surface area contributed by atoms with Crippen molar-refractivity contribution in [1.82, 2.24) is 4.90 Å². The van der Waals surface area contributed by atoms with Crippen LogP contribution in [-0.2, 0) is 0 Å². The summed E-state index contributed by atoms with van der Waals surface area (Å²) >= 11 is 2.21. The van der Waals surface area contributed by atoms with E-state index in [0.717, 1.165) is 27.5 Å². The molecule has 1 aromatic rings. The van der Waals surface area contributed by atoms with Gasteiger partial charge < -0.3 is 10.0 Å². The van der Waals surface area contributed by atoms with Crippen molar-refractivity contribution < 1.29 is 9.90 Å². The largest absolute Gasteiger partial charge is 0.386 e. The minimum atomic E-state index is -0.653. The number of β-amino-alcohol motifs (C(OH)–C–C–N with tert-alkyl or cyclic N) is 1. The lowest BCUT2D eigenvalue weighted by Gasteiger charge is -2.46. The van der Waals surface area contributed by atoms with Gasteiger partial charge in [-0.05, 0) is 47.6 Å². The molecule has 1 fully saturated rings. The number of carbonyl (C=O) groups is 1. The Morgan fingerprint density at radius 3 is 2.78 bits per heavy atom. The Kier molecular flexibility index (Phi) is 3.96. The van der Waals surface area contributed by atoms with Crippen LogP contribution in [0.4, 0.5) is 0 Å². The summed E-state index contributed by atoms with van der Waals surface area (Å²) in [5.41, 5.74) is 1.21. The number of aryl methyl sites for hydroxylation is 1. The first-order valence-electron chi connectivity index (χ1n) is 6.23. The highest BCUT2D eigenvalue weighted by atomic mass is 127. The van der Waals surface area contributed by atoms with Gasteiger partial charge in [0.05, 0.1) is 24.3 Å². The Balaban J connectivity index is 2.08. The molecule has 0 aliphatic carbocycles. The first-order chi connectivity index (χ1) is 8.47. The van der Waals surface area contributed by atoms with E-state index in [1.165, 1.54) is 0 Å². The molecule has 0 spiro atoms. The van der Waals surface area contributed by atoms with E-state index in [1.54, 1.807) is 4.90 Å². The lowest BCUT2D eigenvalue weighted by atomic mass is 9.88. The summed E-state index contributed by atoms with van der Waals surface area (Å²) in [6.45, 7) is 4.97. The second kappa shape index (κ2) is 5.17. The second-order valence-electron chi connectivity index (χ2n) is 5.07. The molecular formula is C14H18INO2. The van der Waals surface area contributed by atoms with Crippen molar-refractivity contribution in [3.63, 3.8) is 0 Å². The monoisotopic (exact) mass is 359 g/mol. The number of nitrogens with zero attached hydrogens (tertiary/aromatic N) is 1. The summed E-state index contributed by atoms with van der Waals surface area (Å²) in [5.74, 6) is 0.0314. The quantitative estimate of drug-likeness (QED) is 0.843.